The van der Waals surface area contributed by atoms with Crippen molar-refractivity contribution in [1.29, 1.82) is 0 Å². The first-order valence-corrected chi connectivity index (χ1v) is 12.0. The number of anilines is 2. The van der Waals surface area contributed by atoms with Gasteiger partial charge in [-0.1, -0.05) is 6.07 Å². The fourth-order valence-corrected chi connectivity index (χ4v) is 5.24. The maximum Gasteiger partial charge on any atom is 0.253 e. The Bertz CT molecular complexity index is 1050. The molecule has 0 saturated carbocycles. The lowest BCUT2D eigenvalue weighted by atomic mass is 10.0. The predicted molar refractivity (Wildman–Crippen MR) is 128 cm³/mol. The number of hydrogen-bond acceptors (Lipinski definition) is 6. The summed E-state index contributed by atoms with van der Waals surface area (Å²) in [6, 6.07) is 8.05. The zero-order valence-electron chi connectivity index (χ0n) is 19.5. The molecule has 2 saturated heterocycles. The minimum atomic E-state index is 0.0746. The average molecular weight is 449 g/mol. The topological polar surface area (TPSA) is 81.7 Å². The normalized spacial score (nSPS) is 20.2. The van der Waals surface area contributed by atoms with Gasteiger partial charge >= 0.3 is 0 Å². The molecular formula is C25H32N6O2. The van der Waals surface area contributed by atoms with E-state index in [1.807, 2.05) is 35.0 Å². The fraction of sp³-hybridized carbons (Fsp3) is 0.520. The second-order valence-electron chi connectivity index (χ2n) is 9.28. The first-order chi connectivity index (χ1) is 16.0. The number of hydrogen-bond donors (Lipinski definition) is 1. The summed E-state index contributed by atoms with van der Waals surface area (Å²) in [4.78, 5) is 40.9. The van der Waals surface area contributed by atoms with Gasteiger partial charge in [-0.3, -0.25) is 9.59 Å². The lowest BCUT2D eigenvalue weighted by Crippen LogP contribution is -2.35. The summed E-state index contributed by atoms with van der Waals surface area (Å²) >= 11 is 0. The lowest BCUT2D eigenvalue weighted by Gasteiger charge is -2.29. The summed E-state index contributed by atoms with van der Waals surface area (Å²) in [5.74, 6) is 1.88. The van der Waals surface area contributed by atoms with Crippen LogP contribution in [-0.4, -0.2) is 71.4 Å². The van der Waals surface area contributed by atoms with Crippen LogP contribution in [0.2, 0.25) is 0 Å². The van der Waals surface area contributed by atoms with E-state index in [9.17, 15) is 9.59 Å². The highest BCUT2D eigenvalue weighted by Gasteiger charge is 2.32. The summed E-state index contributed by atoms with van der Waals surface area (Å²) < 4.78 is 0. The smallest absolute Gasteiger partial charge is 0.253 e. The van der Waals surface area contributed by atoms with Gasteiger partial charge in [-0.2, -0.15) is 0 Å². The number of nitrogens with one attached hydrogen (secondary N) is 1. The van der Waals surface area contributed by atoms with Gasteiger partial charge in [0.05, 0.1) is 12.2 Å². The quantitative estimate of drug-likeness (QED) is 0.775. The van der Waals surface area contributed by atoms with Crippen LogP contribution < -0.4 is 10.2 Å². The van der Waals surface area contributed by atoms with Gasteiger partial charge in [-0.25, -0.2) is 9.97 Å². The highest BCUT2D eigenvalue weighted by molar-refractivity contribution is 5.95. The number of carbonyl (C=O) groups is 2. The van der Waals surface area contributed by atoms with Crippen LogP contribution >= 0.6 is 0 Å². The van der Waals surface area contributed by atoms with Crippen LogP contribution in [0.3, 0.4) is 0 Å². The molecule has 1 aromatic carbocycles. The number of benzene rings is 1. The largest absolute Gasteiger partial charge is 0.373 e. The van der Waals surface area contributed by atoms with E-state index in [1.165, 1.54) is 12.8 Å². The molecule has 0 aliphatic carbocycles. The van der Waals surface area contributed by atoms with E-state index < -0.39 is 0 Å². The molecule has 0 radical (unpaired) electrons. The van der Waals surface area contributed by atoms with Crippen molar-refractivity contribution in [2.24, 2.45) is 0 Å². The Balaban J connectivity index is 1.32. The van der Waals surface area contributed by atoms with Crippen molar-refractivity contribution < 1.29 is 9.59 Å². The molecular weight excluding hydrogens is 416 g/mol. The van der Waals surface area contributed by atoms with E-state index in [4.69, 9.17) is 9.97 Å². The number of carbonyl (C=O) groups excluding carboxylic acids is 2. The van der Waals surface area contributed by atoms with Crippen LogP contribution in [0.4, 0.5) is 11.5 Å². The van der Waals surface area contributed by atoms with Crippen LogP contribution in [0.1, 0.15) is 59.5 Å². The van der Waals surface area contributed by atoms with Crippen LogP contribution in [0.15, 0.2) is 24.3 Å². The number of amides is 2. The first kappa shape index (κ1) is 21.7. The molecule has 8 nitrogen and oxygen atoms in total. The average Bonchev–Trinajstić information content (AvgIpc) is 3.55. The Morgan fingerprint density at radius 1 is 1.06 bits per heavy atom. The predicted octanol–water partition coefficient (Wildman–Crippen LogP) is 2.65. The van der Waals surface area contributed by atoms with E-state index in [-0.39, 0.29) is 17.7 Å². The molecule has 3 aliphatic rings. The molecule has 2 fully saturated rings. The number of rotatable bonds is 4. The van der Waals surface area contributed by atoms with Crippen LogP contribution in [-0.2, 0) is 17.8 Å². The van der Waals surface area contributed by atoms with Crippen LogP contribution in [0.5, 0.6) is 0 Å². The van der Waals surface area contributed by atoms with Gasteiger partial charge in [0.1, 0.15) is 11.6 Å². The Hall–Kier alpha value is -3.16. The standard InChI is InChI=1S/C25H32N6O2/c1-17(32)30-13-9-22-21(16-30)24(26-2)28-23(27-22)19-8-12-31(15-19)25(33)18-6-5-7-20(14-18)29-10-3-4-11-29/h5-7,14,19H,3-4,8-13,15-16H2,1-2H3,(H,26,27,28)/t19-/m0/s1. The number of aromatic nitrogens is 2. The molecule has 1 N–H and O–H groups in total. The molecule has 174 valence electrons. The third-order valence-corrected chi connectivity index (χ3v) is 7.16. The second kappa shape index (κ2) is 9.00. The third-order valence-electron chi connectivity index (χ3n) is 7.16. The Morgan fingerprint density at radius 2 is 1.88 bits per heavy atom. The monoisotopic (exact) mass is 448 g/mol. The molecule has 3 aliphatic heterocycles. The highest BCUT2D eigenvalue weighted by atomic mass is 16.2. The van der Waals surface area contributed by atoms with Gasteiger partial charge in [0.2, 0.25) is 5.91 Å². The van der Waals surface area contributed by atoms with Crippen molar-refractivity contribution in [3.8, 4) is 0 Å². The van der Waals surface area contributed by atoms with Gasteiger partial charge in [-0.05, 0) is 37.5 Å². The molecule has 2 amide bonds. The molecule has 0 unspecified atom stereocenters. The fourth-order valence-electron chi connectivity index (χ4n) is 5.24. The minimum Gasteiger partial charge on any atom is -0.373 e. The van der Waals surface area contributed by atoms with Crippen molar-refractivity contribution in [2.75, 3.05) is 50.0 Å². The molecule has 4 heterocycles. The second-order valence-corrected chi connectivity index (χ2v) is 9.28. The number of likely N-dealkylation sites (tertiary alicyclic amines) is 1. The van der Waals surface area contributed by atoms with E-state index in [1.54, 1.807) is 6.92 Å². The summed E-state index contributed by atoms with van der Waals surface area (Å²) in [6.07, 6.45) is 4.03. The first-order valence-electron chi connectivity index (χ1n) is 12.0. The summed E-state index contributed by atoms with van der Waals surface area (Å²) in [6.45, 7) is 6.31. The van der Waals surface area contributed by atoms with Crippen LogP contribution in [0.25, 0.3) is 0 Å². The van der Waals surface area contributed by atoms with Crippen molar-refractivity contribution in [1.82, 2.24) is 19.8 Å². The van der Waals surface area contributed by atoms with Gasteiger partial charge in [0.25, 0.3) is 5.91 Å². The van der Waals surface area contributed by atoms with Gasteiger partial charge in [-0.15, -0.1) is 0 Å². The summed E-state index contributed by atoms with van der Waals surface area (Å²) in [7, 11) is 1.86. The molecule has 1 atom stereocenters. The Labute approximate surface area is 195 Å². The molecule has 8 heteroatoms. The maximum atomic E-state index is 13.3. The maximum absolute atomic E-state index is 13.3. The summed E-state index contributed by atoms with van der Waals surface area (Å²) in [5.41, 5.74) is 3.93. The highest BCUT2D eigenvalue weighted by Crippen LogP contribution is 2.31. The SMILES string of the molecule is CNc1nc([C@H]2CCN(C(=O)c3cccc(N4CCCC4)c3)C2)nc2c1CN(C(C)=O)CC2. The number of fused-ring (bicyclic) bond motifs is 1. The molecule has 0 bridgehead atoms. The summed E-state index contributed by atoms with van der Waals surface area (Å²) in [5, 5.41) is 3.20. The van der Waals surface area contributed by atoms with E-state index in [0.29, 0.717) is 26.2 Å². The van der Waals surface area contributed by atoms with E-state index >= 15 is 0 Å². The minimum absolute atomic E-state index is 0.0746. The van der Waals surface area contributed by atoms with Gasteiger partial charge in [0.15, 0.2) is 0 Å². The molecule has 1 aromatic heterocycles. The number of nitrogens with zero attached hydrogens (tertiary/aromatic N) is 5. The van der Waals surface area contributed by atoms with Gasteiger partial charge < -0.3 is 20.0 Å². The lowest BCUT2D eigenvalue weighted by molar-refractivity contribution is -0.129. The molecule has 5 rings (SSSR count). The van der Waals surface area contributed by atoms with Gasteiger partial charge in [0, 0.05) is 75.8 Å². The zero-order valence-corrected chi connectivity index (χ0v) is 19.5. The van der Waals surface area contributed by atoms with Crippen molar-refractivity contribution in [2.45, 2.75) is 45.1 Å². The van der Waals surface area contributed by atoms with Crippen molar-refractivity contribution in [3.05, 3.63) is 46.9 Å². The van der Waals surface area contributed by atoms with E-state index in [0.717, 1.165) is 60.1 Å². The molecule has 2 aromatic rings. The zero-order chi connectivity index (χ0) is 22.9. The van der Waals surface area contributed by atoms with E-state index in [2.05, 4.69) is 16.3 Å². The van der Waals surface area contributed by atoms with Crippen LogP contribution in [0, 0.1) is 0 Å². The van der Waals surface area contributed by atoms with Crippen molar-refractivity contribution >= 4 is 23.3 Å². The Morgan fingerprint density at radius 3 is 2.64 bits per heavy atom. The molecule has 33 heavy (non-hydrogen) atoms. The van der Waals surface area contributed by atoms with Crippen molar-refractivity contribution in [3.63, 3.8) is 0 Å². The molecule has 0 spiro atoms. The third kappa shape index (κ3) is 4.26. The Kier molecular flexibility index (Phi) is 5.91.